The Labute approximate surface area is 111 Å². The first-order valence-corrected chi connectivity index (χ1v) is 6.00. The van der Waals surface area contributed by atoms with Crippen molar-refractivity contribution in [3.63, 3.8) is 0 Å². The van der Waals surface area contributed by atoms with Crippen molar-refractivity contribution in [1.82, 2.24) is 4.90 Å². The molecule has 1 aromatic rings. The average molecular weight is 271 g/mol. The molecule has 2 N–H and O–H groups in total. The first-order valence-electron chi connectivity index (χ1n) is 6.00. The van der Waals surface area contributed by atoms with E-state index >= 15 is 0 Å². The highest BCUT2D eigenvalue weighted by Gasteiger charge is 2.19. The van der Waals surface area contributed by atoms with Crippen LogP contribution in [0.25, 0.3) is 0 Å². The Balaban J connectivity index is 2.92. The summed E-state index contributed by atoms with van der Waals surface area (Å²) in [5.41, 5.74) is 6.58. The van der Waals surface area contributed by atoms with Gasteiger partial charge in [-0.15, -0.1) is 0 Å². The fraction of sp³-hybridized carbons (Fsp3) is 0.462. The van der Waals surface area contributed by atoms with Crippen LogP contribution in [-0.4, -0.2) is 51.0 Å². The van der Waals surface area contributed by atoms with Crippen LogP contribution in [0.5, 0.6) is 0 Å². The highest BCUT2D eigenvalue weighted by molar-refractivity contribution is 5.95. The molecular weight excluding hydrogens is 252 g/mol. The third-order valence-corrected chi connectivity index (χ3v) is 2.65. The minimum absolute atomic E-state index is 0.120. The van der Waals surface area contributed by atoms with Crippen LogP contribution >= 0.6 is 0 Å². The molecule has 0 heterocycles. The molecule has 1 amide bonds. The summed E-state index contributed by atoms with van der Waals surface area (Å²) < 4.78 is 24.9. The number of anilines is 1. The first kappa shape index (κ1) is 15.4. The number of hydrogen-bond acceptors (Lipinski definition) is 3. The third kappa shape index (κ3) is 4.48. The van der Waals surface area contributed by atoms with Crippen LogP contribution in [-0.2, 0) is 0 Å². The van der Waals surface area contributed by atoms with Crippen LogP contribution in [0.1, 0.15) is 10.4 Å². The molecule has 0 saturated heterocycles. The van der Waals surface area contributed by atoms with E-state index in [9.17, 15) is 13.6 Å². The summed E-state index contributed by atoms with van der Waals surface area (Å²) in [7, 11) is 3.70. The van der Waals surface area contributed by atoms with Crippen molar-refractivity contribution in [2.45, 2.75) is 6.43 Å². The van der Waals surface area contributed by atoms with Gasteiger partial charge in [0.25, 0.3) is 12.3 Å². The van der Waals surface area contributed by atoms with Crippen molar-refractivity contribution in [1.29, 1.82) is 0 Å². The summed E-state index contributed by atoms with van der Waals surface area (Å²) in [5.74, 6) is -0.422. The van der Waals surface area contributed by atoms with Gasteiger partial charge in [0.2, 0.25) is 0 Å². The quantitative estimate of drug-likeness (QED) is 0.851. The lowest BCUT2D eigenvalue weighted by Gasteiger charge is -2.22. The molecule has 0 aliphatic rings. The number of carbonyl (C=O) groups is 1. The second kappa shape index (κ2) is 7.04. The fourth-order valence-corrected chi connectivity index (χ4v) is 1.70. The van der Waals surface area contributed by atoms with Crippen molar-refractivity contribution in [2.24, 2.45) is 5.73 Å². The molecule has 0 aromatic heterocycles. The lowest BCUT2D eigenvalue weighted by atomic mass is 10.1. The van der Waals surface area contributed by atoms with E-state index in [2.05, 4.69) is 0 Å². The second-order valence-corrected chi connectivity index (χ2v) is 4.38. The van der Waals surface area contributed by atoms with Crippen LogP contribution in [0.2, 0.25) is 0 Å². The SMILES string of the molecule is CN(C)c1cccc(C(=O)N(CCN)CC(F)F)c1. The highest BCUT2D eigenvalue weighted by Crippen LogP contribution is 2.15. The first-order chi connectivity index (χ1) is 8.95. The zero-order valence-electron chi connectivity index (χ0n) is 11.1. The molecule has 19 heavy (non-hydrogen) atoms. The average Bonchev–Trinajstić information content (AvgIpc) is 2.37. The number of amides is 1. The van der Waals surface area contributed by atoms with Crippen LogP contribution in [0, 0.1) is 0 Å². The number of halogens is 2. The van der Waals surface area contributed by atoms with E-state index in [1.165, 1.54) is 0 Å². The van der Waals surface area contributed by atoms with Gasteiger partial charge in [-0.05, 0) is 18.2 Å². The van der Waals surface area contributed by atoms with Gasteiger partial charge < -0.3 is 15.5 Å². The summed E-state index contributed by atoms with van der Waals surface area (Å²) in [6.45, 7) is -0.316. The predicted octanol–water partition coefficient (Wildman–Crippen LogP) is 1.42. The largest absolute Gasteiger partial charge is 0.378 e. The Hall–Kier alpha value is -1.69. The van der Waals surface area contributed by atoms with Gasteiger partial charge in [-0.25, -0.2) is 8.78 Å². The van der Waals surface area contributed by atoms with Gasteiger partial charge in [-0.1, -0.05) is 6.07 Å². The molecule has 1 rings (SSSR count). The summed E-state index contributed by atoms with van der Waals surface area (Å²) in [5, 5.41) is 0. The molecule has 0 atom stereocenters. The van der Waals surface area contributed by atoms with Crippen LogP contribution in [0.4, 0.5) is 14.5 Å². The maximum Gasteiger partial charge on any atom is 0.255 e. The number of hydrogen-bond donors (Lipinski definition) is 1. The monoisotopic (exact) mass is 271 g/mol. The normalized spacial score (nSPS) is 10.6. The van der Waals surface area contributed by atoms with E-state index in [-0.39, 0.29) is 13.1 Å². The van der Waals surface area contributed by atoms with E-state index in [1.54, 1.807) is 18.2 Å². The van der Waals surface area contributed by atoms with Crippen LogP contribution in [0.3, 0.4) is 0 Å². The maximum atomic E-state index is 12.4. The topological polar surface area (TPSA) is 49.6 Å². The zero-order valence-corrected chi connectivity index (χ0v) is 11.1. The maximum absolute atomic E-state index is 12.4. The van der Waals surface area contributed by atoms with Crippen LogP contribution < -0.4 is 10.6 Å². The van der Waals surface area contributed by atoms with Crippen molar-refractivity contribution in [3.8, 4) is 0 Å². The van der Waals surface area contributed by atoms with Gasteiger partial charge in [-0.2, -0.15) is 0 Å². The van der Waals surface area contributed by atoms with E-state index < -0.39 is 18.9 Å². The number of carbonyl (C=O) groups excluding carboxylic acids is 1. The number of nitrogens with zero attached hydrogens (tertiary/aromatic N) is 2. The Morgan fingerprint density at radius 1 is 1.37 bits per heavy atom. The molecule has 0 radical (unpaired) electrons. The Bertz CT molecular complexity index is 424. The highest BCUT2D eigenvalue weighted by atomic mass is 19.3. The van der Waals surface area contributed by atoms with Gasteiger partial charge in [0.05, 0.1) is 6.54 Å². The summed E-state index contributed by atoms with van der Waals surface area (Å²) in [6, 6.07) is 6.87. The molecule has 0 unspecified atom stereocenters. The molecule has 4 nitrogen and oxygen atoms in total. The lowest BCUT2D eigenvalue weighted by molar-refractivity contribution is 0.0563. The van der Waals surface area contributed by atoms with Crippen molar-refractivity contribution in [2.75, 3.05) is 38.6 Å². The molecule has 1 aromatic carbocycles. The van der Waals surface area contributed by atoms with E-state index in [0.29, 0.717) is 5.56 Å². The molecule has 0 bridgehead atoms. The molecule has 0 aliphatic heterocycles. The lowest BCUT2D eigenvalue weighted by Crippen LogP contribution is -2.38. The van der Waals surface area contributed by atoms with Gasteiger partial charge in [-0.3, -0.25) is 4.79 Å². The predicted molar refractivity (Wildman–Crippen MR) is 71.7 cm³/mol. The van der Waals surface area contributed by atoms with Crippen molar-refractivity contribution >= 4 is 11.6 Å². The number of benzene rings is 1. The van der Waals surface area contributed by atoms with E-state index in [4.69, 9.17) is 5.73 Å². The standard InChI is InChI=1S/C13H19F2N3O/c1-17(2)11-5-3-4-10(8-11)13(19)18(7-6-16)9-12(14)15/h3-5,8,12H,6-7,9,16H2,1-2H3. The fourth-order valence-electron chi connectivity index (χ4n) is 1.70. The number of nitrogens with two attached hydrogens (primary N) is 1. The summed E-state index contributed by atoms with van der Waals surface area (Å²) in [4.78, 5) is 15.1. The smallest absolute Gasteiger partial charge is 0.255 e. The van der Waals surface area contributed by atoms with Crippen molar-refractivity contribution < 1.29 is 13.6 Å². The van der Waals surface area contributed by atoms with Crippen LogP contribution in [0.15, 0.2) is 24.3 Å². The second-order valence-electron chi connectivity index (χ2n) is 4.38. The van der Waals surface area contributed by atoms with Crippen molar-refractivity contribution in [3.05, 3.63) is 29.8 Å². The van der Waals surface area contributed by atoms with Gasteiger partial charge in [0.1, 0.15) is 0 Å². The molecule has 0 fully saturated rings. The van der Waals surface area contributed by atoms with E-state index in [1.807, 2.05) is 25.1 Å². The minimum atomic E-state index is -2.56. The van der Waals surface area contributed by atoms with Gasteiger partial charge in [0.15, 0.2) is 0 Å². The number of rotatable bonds is 6. The summed E-state index contributed by atoms with van der Waals surface area (Å²) in [6.07, 6.45) is -2.56. The molecule has 0 saturated carbocycles. The Morgan fingerprint density at radius 3 is 2.58 bits per heavy atom. The molecule has 106 valence electrons. The molecule has 6 heteroatoms. The molecule has 0 spiro atoms. The Kier molecular flexibility index (Phi) is 5.69. The van der Waals surface area contributed by atoms with E-state index in [0.717, 1.165) is 10.6 Å². The zero-order chi connectivity index (χ0) is 14.4. The van der Waals surface area contributed by atoms with Gasteiger partial charge >= 0.3 is 0 Å². The minimum Gasteiger partial charge on any atom is -0.378 e. The third-order valence-electron chi connectivity index (χ3n) is 2.65. The number of alkyl halides is 2. The summed E-state index contributed by atoms with van der Waals surface area (Å²) >= 11 is 0. The Morgan fingerprint density at radius 2 is 2.05 bits per heavy atom. The van der Waals surface area contributed by atoms with Gasteiger partial charge in [0, 0.05) is 38.4 Å². The molecule has 0 aliphatic carbocycles. The molecular formula is C13H19F2N3O.